The van der Waals surface area contributed by atoms with E-state index in [9.17, 15) is 4.79 Å². The quantitative estimate of drug-likeness (QED) is 0.820. The summed E-state index contributed by atoms with van der Waals surface area (Å²) in [7, 11) is 0. The average Bonchev–Trinajstić information content (AvgIpc) is 3.12. The van der Waals surface area contributed by atoms with Crippen LogP contribution in [0.1, 0.15) is 18.6 Å². The first-order chi connectivity index (χ1) is 9.33. The number of ether oxygens (including phenoxy) is 1. The van der Waals surface area contributed by atoms with E-state index in [4.69, 9.17) is 9.15 Å². The second-order valence-electron chi connectivity index (χ2n) is 5.18. The highest BCUT2D eigenvalue weighted by atomic mass is 16.5. The summed E-state index contributed by atoms with van der Waals surface area (Å²) in [6.07, 6.45) is 3.41. The van der Waals surface area contributed by atoms with Crippen LogP contribution in [0.5, 0.6) is 0 Å². The van der Waals surface area contributed by atoms with Crippen LogP contribution in [0.15, 0.2) is 22.8 Å². The van der Waals surface area contributed by atoms with Gasteiger partial charge in [-0.2, -0.15) is 0 Å². The van der Waals surface area contributed by atoms with Crippen LogP contribution in [0.4, 0.5) is 0 Å². The molecular formula is C14H20N2O3. The lowest BCUT2D eigenvalue weighted by molar-refractivity contribution is -0.142. The molecule has 0 spiro atoms. The minimum absolute atomic E-state index is 0.176. The molecule has 104 valence electrons. The number of nitrogens with zero attached hydrogens (tertiary/aromatic N) is 2. The average molecular weight is 264 g/mol. The summed E-state index contributed by atoms with van der Waals surface area (Å²) >= 11 is 0. The van der Waals surface area contributed by atoms with Crippen molar-refractivity contribution < 1.29 is 13.9 Å². The summed E-state index contributed by atoms with van der Waals surface area (Å²) in [5.74, 6) is 1.16. The van der Waals surface area contributed by atoms with Crippen molar-refractivity contribution in [2.75, 3.05) is 32.8 Å². The first kappa shape index (κ1) is 12.7. The van der Waals surface area contributed by atoms with E-state index in [1.807, 2.05) is 17.0 Å². The molecule has 3 heterocycles. The molecule has 0 saturated carbocycles. The molecule has 1 amide bonds. The number of hydrogen-bond donors (Lipinski definition) is 0. The van der Waals surface area contributed by atoms with Crippen LogP contribution in [-0.2, 0) is 16.1 Å². The molecule has 5 heteroatoms. The van der Waals surface area contributed by atoms with Crippen molar-refractivity contribution in [3.63, 3.8) is 0 Å². The Hall–Kier alpha value is -1.33. The van der Waals surface area contributed by atoms with Crippen LogP contribution >= 0.6 is 0 Å². The smallest absolute Gasteiger partial charge is 0.251 e. The fraction of sp³-hybridized carbons (Fsp3) is 0.643. The summed E-state index contributed by atoms with van der Waals surface area (Å²) < 4.78 is 10.8. The van der Waals surface area contributed by atoms with Gasteiger partial charge in [0.15, 0.2) is 0 Å². The maximum absolute atomic E-state index is 12.2. The minimum Gasteiger partial charge on any atom is -0.468 e. The molecule has 0 aromatic carbocycles. The third-order valence-corrected chi connectivity index (χ3v) is 3.85. The van der Waals surface area contributed by atoms with E-state index < -0.39 is 0 Å². The van der Waals surface area contributed by atoms with Crippen LogP contribution in [0.2, 0.25) is 0 Å². The molecule has 2 aliphatic rings. The number of furan rings is 1. The molecule has 3 rings (SSSR count). The van der Waals surface area contributed by atoms with Gasteiger partial charge in [-0.3, -0.25) is 9.69 Å². The van der Waals surface area contributed by atoms with Gasteiger partial charge < -0.3 is 14.1 Å². The van der Waals surface area contributed by atoms with Crippen LogP contribution in [-0.4, -0.2) is 54.6 Å². The molecule has 0 radical (unpaired) electrons. The van der Waals surface area contributed by atoms with E-state index in [2.05, 4.69) is 4.90 Å². The molecule has 19 heavy (non-hydrogen) atoms. The molecule has 2 aliphatic heterocycles. The Kier molecular flexibility index (Phi) is 3.84. The summed E-state index contributed by atoms with van der Waals surface area (Å²) in [6, 6.07) is 3.90. The van der Waals surface area contributed by atoms with Gasteiger partial charge >= 0.3 is 0 Å². The lowest BCUT2D eigenvalue weighted by atomic mass is 10.2. The second kappa shape index (κ2) is 5.75. The Labute approximate surface area is 113 Å². The molecule has 2 fully saturated rings. The summed E-state index contributed by atoms with van der Waals surface area (Å²) in [5.41, 5.74) is 0. The molecule has 0 aliphatic carbocycles. The van der Waals surface area contributed by atoms with E-state index in [0.29, 0.717) is 0 Å². The number of carbonyl (C=O) groups excluding carboxylic acids is 1. The summed E-state index contributed by atoms with van der Waals surface area (Å²) in [6.45, 7) is 4.95. The minimum atomic E-state index is -0.184. The van der Waals surface area contributed by atoms with Gasteiger partial charge in [0.25, 0.3) is 5.91 Å². The van der Waals surface area contributed by atoms with Gasteiger partial charge in [-0.25, -0.2) is 0 Å². The van der Waals surface area contributed by atoms with Gasteiger partial charge in [0.1, 0.15) is 11.9 Å². The maximum atomic E-state index is 12.2. The van der Waals surface area contributed by atoms with Gasteiger partial charge in [-0.1, -0.05) is 0 Å². The van der Waals surface area contributed by atoms with Gasteiger partial charge in [-0.05, 0) is 25.0 Å². The first-order valence-electron chi connectivity index (χ1n) is 6.98. The highest BCUT2D eigenvalue weighted by Crippen LogP contribution is 2.16. The fourth-order valence-electron chi connectivity index (χ4n) is 2.73. The molecular weight excluding hydrogens is 244 g/mol. The van der Waals surface area contributed by atoms with Crippen molar-refractivity contribution in [1.82, 2.24) is 9.80 Å². The Bertz CT molecular complexity index is 404. The van der Waals surface area contributed by atoms with Gasteiger partial charge in [0.05, 0.1) is 12.8 Å². The molecule has 0 bridgehead atoms. The molecule has 1 unspecified atom stereocenters. The van der Waals surface area contributed by atoms with E-state index >= 15 is 0 Å². The predicted molar refractivity (Wildman–Crippen MR) is 69.5 cm³/mol. The van der Waals surface area contributed by atoms with E-state index in [1.54, 1.807) is 6.26 Å². The second-order valence-corrected chi connectivity index (χ2v) is 5.18. The zero-order valence-electron chi connectivity index (χ0n) is 11.1. The molecule has 1 atom stereocenters. The molecule has 1 aromatic heterocycles. The topological polar surface area (TPSA) is 45.9 Å². The Morgan fingerprint density at radius 2 is 2.16 bits per heavy atom. The largest absolute Gasteiger partial charge is 0.468 e. The Balaban J connectivity index is 1.47. The summed E-state index contributed by atoms with van der Waals surface area (Å²) in [5, 5.41) is 0. The zero-order valence-corrected chi connectivity index (χ0v) is 11.1. The SMILES string of the molecule is O=C(C1CCCO1)N1CCN(Cc2ccco2)CC1. The highest BCUT2D eigenvalue weighted by molar-refractivity contribution is 5.81. The van der Waals surface area contributed by atoms with E-state index in [1.165, 1.54) is 0 Å². The van der Waals surface area contributed by atoms with Crippen LogP contribution in [0, 0.1) is 0 Å². The van der Waals surface area contributed by atoms with Crippen LogP contribution in [0.25, 0.3) is 0 Å². The van der Waals surface area contributed by atoms with Crippen molar-refractivity contribution in [2.45, 2.75) is 25.5 Å². The maximum Gasteiger partial charge on any atom is 0.251 e. The Morgan fingerprint density at radius 3 is 2.79 bits per heavy atom. The number of hydrogen-bond acceptors (Lipinski definition) is 4. The van der Waals surface area contributed by atoms with E-state index in [0.717, 1.165) is 57.9 Å². The van der Waals surface area contributed by atoms with Crippen molar-refractivity contribution in [3.8, 4) is 0 Å². The van der Waals surface area contributed by atoms with Crippen molar-refractivity contribution in [2.24, 2.45) is 0 Å². The third kappa shape index (κ3) is 2.98. The molecule has 5 nitrogen and oxygen atoms in total. The van der Waals surface area contributed by atoms with Crippen LogP contribution in [0.3, 0.4) is 0 Å². The number of carbonyl (C=O) groups is 1. The van der Waals surface area contributed by atoms with Crippen molar-refractivity contribution in [3.05, 3.63) is 24.2 Å². The lowest BCUT2D eigenvalue weighted by Gasteiger charge is -2.35. The Morgan fingerprint density at radius 1 is 1.32 bits per heavy atom. The normalized spacial score (nSPS) is 24.8. The monoisotopic (exact) mass is 264 g/mol. The third-order valence-electron chi connectivity index (χ3n) is 3.85. The predicted octanol–water partition coefficient (Wildman–Crippen LogP) is 1.10. The zero-order chi connectivity index (χ0) is 13.1. The first-order valence-corrected chi connectivity index (χ1v) is 6.98. The number of amides is 1. The number of piperazine rings is 1. The molecule has 1 aromatic rings. The fourth-order valence-corrected chi connectivity index (χ4v) is 2.73. The number of rotatable bonds is 3. The lowest BCUT2D eigenvalue weighted by Crippen LogP contribution is -2.51. The van der Waals surface area contributed by atoms with E-state index in [-0.39, 0.29) is 12.0 Å². The molecule has 2 saturated heterocycles. The standard InChI is InChI=1S/C14H20N2O3/c17-14(13-4-2-10-19-13)16-7-5-15(6-8-16)11-12-3-1-9-18-12/h1,3,9,13H,2,4-8,10-11H2. The highest BCUT2D eigenvalue weighted by Gasteiger charge is 2.30. The van der Waals surface area contributed by atoms with Gasteiger partial charge in [0.2, 0.25) is 0 Å². The van der Waals surface area contributed by atoms with Gasteiger partial charge in [0, 0.05) is 32.8 Å². The van der Waals surface area contributed by atoms with Crippen LogP contribution < -0.4 is 0 Å². The van der Waals surface area contributed by atoms with Crippen molar-refractivity contribution >= 4 is 5.91 Å². The molecule has 0 N–H and O–H groups in total. The van der Waals surface area contributed by atoms with Crippen molar-refractivity contribution in [1.29, 1.82) is 0 Å². The van der Waals surface area contributed by atoms with Gasteiger partial charge in [-0.15, -0.1) is 0 Å². The summed E-state index contributed by atoms with van der Waals surface area (Å²) in [4.78, 5) is 16.4.